The maximum atomic E-state index is 12.2. The van der Waals surface area contributed by atoms with Gasteiger partial charge in [-0.25, -0.2) is 4.98 Å². The Morgan fingerprint density at radius 2 is 2.04 bits per heavy atom. The van der Waals surface area contributed by atoms with E-state index < -0.39 is 0 Å². The summed E-state index contributed by atoms with van der Waals surface area (Å²) in [6, 6.07) is 7.61. The highest BCUT2D eigenvalue weighted by Gasteiger charge is 2.19. The molecule has 1 aromatic heterocycles. The smallest absolute Gasteiger partial charge is 0.236 e. The normalized spacial score (nSPS) is 15.8. The fourth-order valence-electron chi connectivity index (χ4n) is 2.89. The first-order valence-electron chi connectivity index (χ1n) is 8.30. The molecule has 1 aliphatic heterocycles. The number of hydrogen-bond acceptors (Lipinski definition) is 5. The second-order valence-corrected chi connectivity index (χ2v) is 5.68. The summed E-state index contributed by atoms with van der Waals surface area (Å²) >= 11 is 0. The minimum atomic E-state index is 0.202. The molecule has 1 fully saturated rings. The van der Waals surface area contributed by atoms with Gasteiger partial charge in [-0.1, -0.05) is 6.07 Å². The topological polar surface area (TPSA) is 63.5 Å². The van der Waals surface area contributed by atoms with Crippen LogP contribution in [0.25, 0.3) is 0 Å². The number of carbonyl (C=O) groups is 1. The van der Waals surface area contributed by atoms with Crippen LogP contribution in [0.4, 0.5) is 5.82 Å². The van der Waals surface area contributed by atoms with Gasteiger partial charge in [0.15, 0.2) is 0 Å². The Bertz CT molecular complexity index is 564. The quantitative estimate of drug-likeness (QED) is 0.820. The highest BCUT2D eigenvalue weighted by atomic mass is 16.2. The van der Waals surface area contributed by atoms with Crippen molar-refractivity contribution in [3.05, 3.63) is 23.9 Å². The van der Waals surface area contributed by atoms with E-state index in [0.717, 1.165) is 51.5 Å². The van der Waals surface area contributed by atoms with Crippen molar-refractivity contribution in [2.45, 2.75) is 20.3 Å². The highest BCUT2D eigenvalue weighted by Crippen LogP contribution is 2.14. The van der Waals surface area contributed by atoms with Gasteiger partial charge in [-0.05, 0) is 32.4 Å². The first-order valence-corrected chi connectivity index (χ1v) is 8.30. The Balaban J connectivity index is 1.94. The van der Waals surface area contributed by atoms with Crippen LogP contribution in [0, 0.1) is 11.3 Å². The second kappa shape index (κ2) is 8.49. The van der Waals surface area contributed by atoms with Crippen molar-refractivity contribution >= 4 is 11.7 Å². The van der Waals surface area contributed by atoms with Gasteiger partial charge in [-0.15, -0.1) is 0 Å². The van der Waals surface area contributed by atoms with E-state index in [2.05, 4.69) is 20.9 Å². The van der Waals surface area contributed by atoms with Crippen molar-refractivity contribution in [2.75, 3.05) is 50.7 Å². The molecule has 6 heteroatoms. The lowest BCUT2D eigenvalue weighted by Gasteiger charge is -2.25. The molecule has 0 atom stereocenters. The molecule has 6 nitrogen and oxygen atoms in total. The summed E-state index contributed by atoms with van der Waals surface area (Å²) in [5.74, 6) is 1.05. The molecule has 23 heavy (non-hydrogen) atoms. The van der Waals surface area contributed by atoms with Gasteiger partial charge in [0.2, 0.25) is 5.91 Å². The maximum absolute atomic E-state index is 12.2. The Labute approximate surface area is 138 Å². The van der Waals surface area contributed by atoms with Crippen molar-refractivity contribution in [3.63, 3.8) is 0 Å². The van der Waals surface area contributed by atoms with E-state index >= 15 is 0 Å². The van der Waals surface area contributed by atoms with E-state index in [1.54, 1.807) is 6.07 Å². The minimum absolute atomic E-state index is 0.202. The van der Waals surface area contributed by atoms with Crippen LogP contribution in [0.2, 0.25) is 0 Å². The summed E-state index contributed by atoms with van der Waals surface area (Å²) in [4.78, 5) is 22.9. The van der Waals surface area contributed by atoms with E-state index in [1.807, 2.05) is 30.9 Å². The number of carbonyl (C=O) groups excluding carboxylic acids is 1. The summed E-state index contributed by atoms with van der Waals surface area (Å²) in [6.45, 7) is 9.53. The lowest BCUT2D eigenvalue weighted by molar-refractivity contribution is -0.132. The summed E-state index contributed by atoms with van der Waals surface area (Å²) in [5.41, 5.74) is 0.445. The molecule has 2 heterocycles. The van der Waals surface area contributed by atoms with Gasteiger partial charge in [-0.2, -0.15) is 5.26 Å². The Hall–Kier alpha value is -2.13. The molecule has 0 saturated carbocycles. The summed E-state index contributed by atoms with van der Waals surface area (Å²) in [6.07, 6.45) is 0.990. The molecule has 0 aromatic carbocycles. The first kappa shape index (κ1) is 17.2. The van der Waals surface area contributed by atoms with Crippen molar-refractivity contribution < 1.29 is 4.79 Å². The predicted molar refractivity (Wildman–Crippen MR) is 90.2 cm³/mol. The third-order valence-corrected chi connectivity index (χ3v) is 4.24. The molecule has 0 spiro atoms. The van der Waals surface area contributed by atoms with Crippen LogP contribution < -0.4 is 4.90 Å². The molecule has 2 rings (SSSR count). The molecule has 124 valence electrons. The highest BCUT2D eigenvalue weighted by molar-refractivity contribution is 5.78. The zero-order chi connectivity index (χ0) is 16.7. The number of anilines is 1. The van der Waals surface area contributed by atoms with Crippen molar-refractivity contribution in [2.24, 2.45) is 0 Å². The average molecular weight is 315 g/mol. The summed E-state index contributed by atoms with van der Waals surface area (Å²) < 4.78 is 0. The zero-order valence-electron chi connectivity index (χ0n) is 14.0. The molecule has 0 radical (unpaired) electrons. The molecule has 0 N–H and O–H groups in total. The van der Waals surface area contributed by atoms with Crippen LogP contribution in [-0.4, -0.2) is 66.5 Å². The van der Waals surface area contributed by atoms with Crippen LogP contribution in [0.3, 0.4) is 0 Å². The van der Waals surface area contributed by atoms with Gasteiger partial charge < -0.3 is 9.80 Å². The largest absolute Gasteiger partial charge is 0.355 e. The number of hydrogen-bond donors (Lipinski definition) is 0. The zero-order valence-corrected chi connectivity index (χ0v) is 14.0. The number of nitriles is 1. The molecule has 1 saturated heterocycles. The number of aromatic nitrogens is 1. The molecule has 0 bridgehead atoms. The standard InChI is InChI=1S/C17H25N5O/c1-3-21(4-2)17(23)14-20-9-6-10-22(12-11-20)16-8-5-7-15(13-18)19-16/h5,7-8H,3-4,6,9-12,14H2,1-2H3. The summed E-state index contributed by atoms with van der Waals surface area (Å²) in [5, 5.41) is 8.97. The second-order valence-electron chi connectivity index (χ2n) is 5.68. The van der Waals surface area contributed by atoms with Crippen molar-refractivity contribution in [3.8, 4) is 6.07 Å². The van der Waals surface area contributed by atoms with Gasteiger partial charge in [0.05, 0.1) is 6.54 Å². The number of nitrogens with zero attached hydrogens (tertiary/aromatic N) is 5. The van der Waals surface area contributed by atoms with E-state index in [-0.39, 0.29) is 5.91 Å². The Morgan fingerprint density at radius 1 is 1.26 bits per heavy atom. The van der Waals surface area contributed by atoms with E-state index in [1.165, 1.54) is 0 Å². The fourth-order valence-corrected chi connectivity index (χ4v) is 2.89. The third-order valence-electron chi connectivity index (χ3n) is 4.24. The van der Waals surface area contributed by atoms with Gasteiger partial charge >= 0.3 is 0 Å². The predicted octanol–water partition coefficient (Wildman–Crippen LogP) is 1.33. The van der Waals surface area contributed by atoms with Crippen LogP contribution in [-0.2, 0) is 4.79 Å². The SMILES string of the molecule is CCN(CC)C(=O)CN1CCCN(c2cccc(C#N)n2)CC1. The molecule has 1 aliphatic rings. The number of pyridine rings is 1. The van der Waals surface area contributed by atoms with Gasteiger partial charge in [0, 0.05) is 39.3 Å². The number of likely N-dealkylation sites (N-methyl/N-ethyl adjacent to an activating group) is 1. The van der Waals surface area contributed by atoms with Crippen LogP contribution >= 0.6 is 0 Å². The van der Waals surface area contributed by atoms with Crippen molar-refractivity contribution in [1.82, 2.24) is 14.8 Å². The van der Waals surface area contributed by atoms with Gasteiger partial charge in [0.1, 0.15) is 17.6 Å². The third kappa shape index (κ3) is 4.67. The lowest BCUT2D eigenvalue weighted by Crippen LogP contribution is -2.41. The molecular weight excluding hydrogens is 290 g/mol. The van der Waals surface area contributed by atoms with E-state index in [9.17, 15) is 4.79 Å². The average Bonchev–Trinajstić information content (AvgIpc) is 2.81. The van der Waals surface area contributed by atoms with E-state index in [4.69, 9.17) is 5.26 Å². The van der Waals surface area contributed by atoms with Crippen LogP contribution in [0.5, 0.6) is 0 Å². The van der Waals surface area contributed by atoms with Crippen molar-refractivity contribution in [1.29, 1.82) is 5.26 Å². The molecule has 1 amide bonds. The lowest BCUT2D eigenvalue weighted by atomic mass is 10.3. The van der Waals surface area contributed by atoms with Crippen LogP contribution in [0.1, 0.15) is 26.0 Å². The Morgan fingerprint density at radius 3 is 2.74 bits per heavy atom. The fraction of sp³-hybridized carbons (Fsp3) is 0.588. The molecular formula is C17H25N5O. The van der Waals surface area contributed by atoms with Crippen LogP contribution in [0.15, 0.2) is 18.2 Å². The molecule has 0 unspecified atom stereocenters. The molecule has 1 aromatic rings. The maximum Gasteiger partial charge on any atom is 0.236 e. The number of rotatable bonds is 5. The first-order chi connectivity index (χ1) is 11.2. The van der Waals surface area contributed by atoms with Gasteiger partial charge in [0.25, 0.3) is 0 Å². The monoisotopic (exact) mass is 315 g/mol. The Kier molecular flexibility index (Phi) is 6.36. The minimum Gasteiger partial charge on any atom is -0.355 e. The molecule has 0 aliphatic carbocycles. The summed E-state index contributed by atoms with van der Waals surface area (Å²) in [7, 11) is 0. The number of amides is 1. The van der Waals surface area contributed by atoms with Gasteiger partial charge in [-0.3, -0.25) is 9.69 Å². The van der Waals surface area contributed by atoms with E-state index in [0.29, 0.717) is 12.2 Å².